The van der Waals surface area contributed by atoms with Crippen LogP contribution in [-0.2, 0) is 6.42 Å². The zero-order valence-electron chi connectivity index (χ0n) is 14.3. The Morgan fingerprint density at radius 1 is 0.840 bits per heavy atom. The normalized spacial score (nSPS) is 20.7. The molecule has 1 aliphatic carbocycles. The van der Waals surface area contributed by atoms with Crippen LogP contribution in [0.25, 0.3) is 0 Å². The zero-order chi connectivity index (χ0) is 18.0. The van der Waals surface area contributed by atoms with Gasteiger partial charge in [-0.1, -0.05) is 25.5 Å². The number of hydrogen-bond donors (Lipinski definition) is 0. The van der Waals surface area contributed by atoms with Gasteiger partial charge in [0.2, 0.25) is 0 Å². The van der Waals surface area contributed by atoms with Crippen molar-refractivity contribution in [3.05, 3.63) is 70.3 Å². The predicted octanol–water partition coefficient (Wildman–Crippen LogP) is 6.52. The van der Waals surface area contributed by atoms with E-state index in [1.807, 2.05) is 6.07 Å². The van der Waals surface area contributed by atoms with Crippen LogP contribution in [0.15, 0.2) is 30.3 Å². The molecule has 0 bridgehead atoms. The van der Waals surface area contributed by atoms with Crippen LogP contribution in [0.3, 0.4) is 0 Å². The van der Waals surface area contributed by atoms with Gasteiger partial charge in [-0.2, -0.15) is 0 Å². The smallest absolute Gasteiger partial charge is 0.194 e. The highest BCUT2D eigenvalue weighted by atomic mass is 19.2. The summed E-state index contributed by atoms with van der Waals surface area (Å²) in [4.78, 5) is 0. The summed E-state index contributed by atoms with van der Waals surface area (Å²) in [7, 11) is 0. The number of halogens is 4. The van der Waals surface area contributed by atoms with Gasteiger partial charge in [0, 0.05) is 6.42 Å². The van der Waals surface area contributed by atoms with E-state index in [0.29, 0.717) is 11.5 Å². The van der Waals surface area contributed by atoms with Gasteiger partial charge in [-0.15, -0.1) is 0 Å². The molecular formula is C21H22F4. The molecule has 0 spiro atoms. The summed E-state index contributed by atoms with van der Waals surface area (Å²) >= 11 is 0. The standard InChI is InChI=1S/C21H22F4/c1-2-13-3-5-15(6-4-13)16-7-8-17(18(22)12-16)9-14-10-19(23)21(25)20(24)11-14/h7-8,10-13,15H,2-6,9H2,1H3. The third-order valence-corrected chi connectivity index (χ3v) is 5.41. The Kier molecular flexibility index (Phi) is 5.45. The van der Waals surface area contributed by atoms with Crippen LogP contribution in [-0.4, -0.2) is 0 Å². The van der Waals surface area contributed by atoms with Crippen LogP contribution in [0.4, 0.5) is 17.6 Å². The van der Waals surface area contributed by atoms with E-state index in [2.05, 4.69) is 6.92 Å². The van der Waals surface area contributed by atoms with Crippen molar-refractivity contribution in [2.24, 2.45) is 5.92 Å². The Hall–Kier alpha value is -1.84. The average Bonchev–Trinajstić information content (AvgIpc) is 2.61. The van der Waals surface area contributed by atoms with Crippen molar-refractivity contribution in [1.82, 2.24) is 0 Å². The molecule has 25 heavy (non-hydrogen) atoms. The summed E-state index contributed by atoms with van der Waals surface area (Å²) in [6.07, 6.45) is 5.74. The Labute approximate surface area is 145 Å². The van der Waals surface area contributed by atoms with Crippen LogP contribution in [0.2, 0.25) is 0 Å². The molecule has 1 saturated carbocycles. The summed E-state index contributed by atoms with van der Waals surface area (Å²) in [6.45, 7) is 2.21. The van der Waals surface area contributed by atoms with Gasteiger partial charge in [-0.05, 0) is 72.4 Å². The molecule has 0 radical (unpaired) electrons. The molecule has 0 unspecified atom stereocenters. The highest BCUT2D eigenvalue weighted by Crippen LogP contribution is 2.37. The molecule has 0 saturated heterocycles. The van der Waals surface area contributed by atoms with Gasteiger partial charge in [0.05, 0.1) is 0 Å². The fraction of sp³-hybridized carbons (Fsp3) is 0.429. The van der Waals surface area contributed by atoms with Gasteiger partial charge in [0.1, 0.15) is 5.82 Å². The molecule has 0 aromatic heterocycles. The summed E-state index contributed by atoms with van der Waals surface area (Å²) in [5, 5.41) is 0. The average molecular weight is 350 g/mol. The molecule has 0 amide bonds. The molecule has 1 fully saturated rings. The minimum absolute atomic E-state index is 0.0306. The summed E-state index contributed by atoms with van der Waals surface area (Å²) in [5.74, 6) is -3.21. The molecule has 2 aromatic rings. The summed E-state index contributed by atoms with van der Waals surface area (Å²) < 4.78 is 54.1. The van der Waals surface area contributed by atoms with Crippen molar-refractivity contribution in [2.45, 2.75) is 51.4 Å². The van der Waals surface area contributed by atoms with Gasteiger partial charge >= 0.3 is 0 Å². The second-order valence-corrected chi connectivity index (χ2v) is 7.03. The topological polar surface area (TPSA) is 0 Å². The molecule has 2 aromatic carbocycles. The first-order chi connectivity index (χ1) is 12.0. The third kappa shape index (κ3) is 4.05. The molecule has 0 aliphatic heterocycles. The van der Waals surface area contributed by atoms with Crippen molar-refractivity contribution in [1.29, 1.82) is 0 Å². The number of benzene rings is 2. The summed E-state index contributed by atoms with van der Waals surface area (Å²) in [5.41, 5.74) is 1.56. The zero-order valence-corrected chi connectivity index (χ0v) is 14.3. The first-order valence-corrected chi connectivity index (χ1v) is 8.89. The first-order valence-electron chi connectivity index (χ1n) is 8.89. The SMILES string of the molecule is CCC1CCC(c2ccc(Cc3cc(F)c(F)c(F)c3)c(F)c2)CC1. The molecule has 0 heterocycles. The van der Waals surface area contributed by atoms with E-state index in [0.717, 1.165) is 36.5 Å². The van der Waals surface area contributed by atoms with Gasteiger partial charge in [0.25, 0.3) is 0 Å². The van der Waals surface area contributed by atoms with Crippen molar-refractivity contribution in [2.75, 3.05) is 0 Å². The minimum atomic E-state index is -1.50. The fourth-order valence-electron chi connectivity index (χ4n) is 3.79. The summed E-state index contributed by atoms with van der Waals surface area (Å²) in [6, 6.07) is 6.96. The van der Waals surface area contributed by atoms with Crippen molar-refractivity contribution < 1.29 is 17.6 Å². The van der Waals surface area contributed by atoms with Gasteiger partial charge < -0.3 is 0 Å². The van der Waals surface area contributed by atoms with Gasteiger partial charge in [-0.3, -0.25) is 0 Å². The maximum absolute atomic E-state index is 14.5. The maximum Gasteiger partial charge on any atom is 0.194 e. The highest BCUT2D eigenvalue weighted by molar-refractivity contribution is 5.32. The molecule has 0 N–H and O–H groups in total. The van der Waals surface area contributed by atoms with Crippen LogP contribution in [0.5, 0.6) is 0 Å². The van der Waals surface area contributed by atoms with E-state index >= 15 is 0 Å². The molecule has 3 rings (SSSR count). The Bertz CT molecular complexity index is 723. The lowest BCUT2D eigenvalue weighted by Crippen LogP contribution is -2.13. The van der Waals surface area contributed by atoms with E-state index in [9.17, 15) is 17.6 Å². The Morgan fingerprint density at radius 2 is 1.48 bits per heavy atom. The van der Waals surface area contributed by atoms with Crippen LogP contribution in [0, 0.1) is 29.2 Å². The van der Waals surface area contributed by atoms with E-state index < -0.39 is 17.5 Å². The van der Waals surface area contributed by atoms with Crippen molar-refractivity contribution in [3.63, 3.8) is 0 Å². The monoisotopic (exact) mass is 350 g/mol. The van der Waals surface area contributed by atoms with E-state index in [-0.39, 0.29) is 17.8 Å². The second kappa shape index (κ2) is 7.59. The fourth-order valence-corrected chi connectivity index (χ4v) is 3.79. The molecule has 4 heteroatoms. The van der Waals surface area contributed by atoms with Crippen molar-refractivity contribution >= 4 is 0 Å². The van der Waals surface area contributed by atoms with Crippen LogP contribution < -0.4 is 0 Å². The number of rotatable bonds is 4. The Balaban J connectivity index is 1.74. The lowest BCUT2D eigenvalue weighted by atomic mass is 9.77. The molecule has 1 aliphatic rings. The third-order valence-electron chi connectivity index (χ3n) is 5.41. The molecule has 134 valence electrons. The highest BCUT2D eigenvalue weighted by Gasteiger charge is 2.22. The van der Waals surface area contributed by atoms with E-state index in [4.69, 9.17) is 0 Å². The quantitative estimate of drug-likeness (QED) is 0.435. The lowest BCUT2D eigenvalue weighted by Gasteiger charge is -2.28. The molecular weight excluding hydrogens is 328 g/mol. The van der Waals surface area contributed by atoms with Gasteiger partial charge in [-0.25, -0.2) is 17.6 Å². The minimum Gasteiger partial charge on any atom is -0.207 e. The Morgan fingerprint density at radius 3 is 2.04 bits per heavy atom. The van der Waals surface area contributed by atoms with Crippen LogP contribution in [0.1, 0.15) is 61.6 Å². The number of hydrogen-bond acceptors (Lipinski definition) is 0. The largest absolute Gasteiger partial charge is 0.207 e. The molecule has 0 atom stereocenters. The maximum atomic E-state index is 14.5. The van der Waals surface area contributed by atoms with Crippen molar-refractivity contribution in [3.8, 4) is 0 Å². The van der Waals surface area contributed by atoms with E-state index in [1.54, 1.807) is 12.1 Å². The second-order valence-electron chi connectivity index (χ2n) is 7.03. The van der Waals surface area contributed by atoms with E-state index in [1.165, 1.54) is 19.3 Å². The van der Waals surface area contributed by atoms with Crippen LogP contribution >= 0.6 is 0 Å². The predicted molar refractivity (Wildman–Crippen MR) is 90.5 cm³/mol. The van der Waals surface area contributed by atoms with Gasteiger partial charge in [0.15, 0.2) is 17.5 Å². The molecule has 0 nitrogen and oxygen atoms in total. The lowest BCUT2D eigenvalue weighted by molar-refractivity contribution is 0.318. The first kappa shape index (κ1) is 18.0.